The standard InChI is InChI=1S/C14H25N2O5PS/c1-13(2,3)20-22(17,21-14(4,5)6)16-23(18,19)12-9-7-11(15)8-10-12/h7-10,17H,15H2,1-6H3. The topological polar surface area (TPSA) is 111 Å². The molecule has 1 aromatic rings. The van der Waals surface area contributed by atoms with Crippen LogP contribution in [0, 0.1) is 0 Å². The fourth-order valence-electron chi connectivity index (χ4n) is 1.59. The molecule has 0 saturated heterocycles. The Hall–Kier alpha value is -0.920. The van der Waals surface area contributed by atoms with Crippen molar-refractivity contribution in [2.75, 3.05) is 5.73 Å². The summed E-state index contributed by atoms with van der Waals surface area (Å²) in [5.41, 5.74) is 4.29. The maximum Gasteiger partial charge on any atom is 0.369 e. The number of nitrogen functional groups attached to an aromatic ring is 1. The first kappa shape index (κ1) is 20.1. The van der Waals surface area contributed by atoms with Gasteiger partial charge in [0, 0.05) is 5.69 Å². The molecule has 0 atom stereocenters. The SMILES string of the molecule is CC(C)(C)OP(O)(=NS(=O)(=O)c1ccc(N)cc1)OC(C)(C)C. The molecule has 1 aromatic carbocycles. The van der Waals surface area contributed by atoms with Gasteiger partial charge < -0.3 is 10.6 Å². The van der Waals surface area contributed by atoms with Gasteiger partial charge in [0.15, 0.2) is 0 Å². The molecule has 0 spiro atoms. The van der Waals surface area contributed by atoms with Crippen molar-refractivity contribution in [1.29, 1.82) is 0 Å². The van der Waals surface area contributed by atoms with Crippen LogP contribution >= 0.6 is 7.74 Å². The molecule has 0 aliphatic heterocycles. The van der Waals surface area contributed by atoms with Crippen LogP contribution in [0.25, 0.3) is 0 Å². The minimum atomic E-state index is -4.16. The van der Waals surface area contributed by atoms with Gasteiger partial charge in [0.05, 0.1) is 16.1 Å². The Bertz CT molecular complexity index is 680. The van der Waals surface area contributed by atoms with Gasteiger partial charge in [-0.3, -0.25) is 9.05 Å². The lowest BCUT2D eigenvalue weighted by Gasteiger charge is -2.31. The van der Waals surface area contributed by atoms with Gasteiger partial charge in [-0.05, 0) is 65.8 Å². The van der Waals surface area contributed by atoms with Crippen molar-refractivity contribution < 1.29 is 22.4 Å². The van der Waals surface area contributed by atoms with Crippen LogP contribution in [0.4, 0.5) is 5.69 Å². The number of nitrogens with two attached hydrogens (primary N) is 1. The van der Waals surface area contributed by atoms with Gasteiger partial charge >= 0.3 is 7.74 Å². The van der Waals surface area contributed by atoms with Gasteiger partial charge in [-0.2, -0.15) is 8.42 Å². The van der Waals surface area contributed by atoms with E-state index in [0.717, 1.165) is 0 Å². The molecule has 0 unspecified atom stereocenters. The predicted octanol–water partition coefficient (Wildman–Crippen LogP) is 3.53. The zero-order valence-electron chi connectivity index (χ0n) is 14.3. The second-order valence-electron chi connectivity index (χ2n) is 7.02. The molecule has 0 radical (unpaired) electrons. The van der Waals surface area contributed by atoms with E-state index in [1.807, 2.05) is 0 Å². The Morgan fingerprint density at radius 2 is 1.39 bits per heavy atom. The average molecular weight is 364 g/mol. The third-order valence-electron chi connectivity index (χ3n) is 2.17. The highest BCUT2D eigenvalue weighted by molar-refractivity contribution is 7.93. The second-order valence-corrected chi connectivity index (χ2v) is 10.4. The van der Waals surface area contributed by atoms with Gasteiger partial charge in [0.1, 0.15) is 0 Å². The quantitative estimate of drug-likeness (QED) is 0.624. The van der Waals surface area contributed by atoms with E-state index in [2.05, 4.69) is 4.15 Å². The normalized spacial score (nSPS) is 13.9. The Labute approximate surface area is 138 Å². The second kappa shape index (κ2) is 6.53. The van der Waals surface area contributed by atoms with E-state index in [0.29, 0.717) is 5.69 Å². The zero-order valence-corrected chi connectivity index (χ0v) is 16.0. The molecule has 0 aliphatic rings. The molecule has 7 nitrogen and oxygen atoms in total. The van der Waals surface area contributed by atoms with Gasteiger partial charge in [0.25, 0.3) is 10.0 Å². The van der Waals surface area contributed by atoms with E-state index in [1.165, 1.54) is 24.3 Å². The van der Waals surface area contributed by atoms with Gasteiger partial charge in [-0.25, -0.2) is 0 Å². The van der Waals surface area contributed by atoms with Crippen molar-refractivity contribution in [2.45, 2.75) is 57.6 Å². The lowest BCUT2D eigenvalue weighted by atomic mass is 10.2. The maximum atomic E-state index is 12.4. The summed E-state index contributed by atoms with van der Waals surface area (Å²) in [5.74, 6) is 0. The Morgan fingerprint density at radius 3 is 1.74 bits per heavy atom. The van der Waals surface area contributed by atoms with Gasteiger partial charge in [-0.15, -0.1) is 0 Å². The number of rotatable bonds is 4. The van der Waals surface area contributed by atoms with Crippen LogP contribution in [0.1, 0.15) is 41.5 Å². The predicted molar refractivity (Wildman–Crippen MR) is 91.3 cm³/mol. The van der Waals surface area contributed by atoms with Crippen molar-refractivity contribution in [3.8, 4) is 0 Å². The minimum absolute atomic E-state index is 0.0971. The van der Waals surface area contributed by atoms with E-state index in [4.69, 9.17) is 14.8 Å². The third kappa shape index (κ3) is 7.01. The largest absolute Gasteiger partial charge is 0.399 e. The Balaban J connectivity index is 3.39. The van der Waals surface area contributed by atoms with Crippen LogP contribution in [0.15, 0.2) is 33.3 Å². The number of benzene rings is 1. The van der Waals surface area contributed by atoms with Crippen molar-refractivity contribution >= 4 is 23.4 Å². The summed E-state index contributed by atoms with van der Waals surface area (Å²) in [6.07, 6.45) is 0. The molecule has 0 saturated carbocycles. The number of sulfonamides is 1. The lowest BCUT2D eigenvalue weighted by Crippen LogP contribution is -2.24. The number of hydrogen-bond donors (Lipinski definition) is 2. The summed E-state index contributed by atoms with van der Waals surface area (Å²) in [6, 6.07) is 5.50. The van der Waals surface area contributed by atoms with E-state index in [1.54, 1.807) is 41.5 Å². The summed E-state index contributed by atoms with van der Waals surface area (Å²) in [5, 5.41) is 0. The summed E-state index contributed by atoms with van der Waals surface area (Å²) >= 11 is 0. The average Bonchev–Trinajstić information content (AvgIpc) is 2.21. The first-order valence-corrected chi connectivity index (χ1v) is 9.97. The highest BCUT2D eigenvalue weighted by atomic mass is 32.2. The van der Waals surface area contributed by atoms with Crippen LogP contribution < -0.4 is 5.73 Å². The van der Waals surface area contributed by atoms with Crippen LogP contribution in [0.3, 0.4) is 0 Å². The maximum absolute atomic E-state index is 12.4. The lowest BCUT2D eigenvalue weighted by molar-refractivity contribution is 0.0394. The molecule has 9 heteroatoms. The van der Waals surface area contributed by atoms with Crippen LogP contribution in [-0.2, 0) is 19.1 Å². The van der Waals surface area contributed by atoms with E-state index in [-0.39, 0.29) is 4.90 Å². The molecule has 1 rings (SSSR count). The zero-order chi connectivity index (χ0) is 18.1. The minimum Gasteiger partial charge on any atom is -0.399 e. The number of anilines is 1. The highest BCUT2D eigenvalue weighted by Crippen LogP contribution is 2.55. The highest BCUT2D eigenvalue weighted by Gasteiger charge is 2.34. The summed E-state index contributed by atoms with van der Waals surface area (Å²) in [6.45, 7) is 10.1. The molecule has 23 heavy (non-hydrogen) atoms. The summed E-state index contributed by atoms with van der Waals surface area (Å²) in [4.78, 5) is 10.5. The monoisotopic (exact) mass is 364 g/mol. The fraction of sp³-hybridized carbons (Fsp3) is 0.571. The molecule has 0 fully saturated rings. The van der Waals surface area contributed by atoms with Crippen LogP contribution in [0.5, 0.6) is 0 Å². The van der Waals surface area contributed by atoms with Crippen molar-refractivity contribution in [2.24, 2.45) is 4.15 Å². The summed E-state index contributed by atoms with van der Waals surface area (Å²) in [7, 11) is -8.17. The molecule has 0 bridgehead atoms. The first-order valence-electron chi connectivity index (χ1n) is 7.00. The van der Waals surface area contributed by atoms with Gasteiger partial charge in [-0.1, -0.05) is 4.15 Å². The van der Waals surface area contributed by atoms with Crippen LogP contribution in [0.2, 0.25) is 0 Å². The Morgan fingerprint density at radius 1 is 1.00 bits per heavy atom. The van der Waals surface area contributed by atoms with Crippen molar-refractivity contribution in [1.82, 2.24) is 0 Å². The number of nitrogens with zero attached hydrogens (tertiary/aromatic N) is 1. The van der Waals surface area contributed by atoms with Crippen molar-refractivity contribution in [3.63, 3.8) is 0 Å². The first-order chi connectivity index (χ1) is 10.1. The summed E-state index contributed by atoms with van der Waals surface area (Å²) < 4.78 is 39.3. The molecular formula is C14H25N2O5PS. The van der Waals surface area contributed by atoms with E-state index < -0.39 is 29.0 Å². The van der Waals surface area contributed by atoms with E-state index in [9.17, 15) is 13.3 Å². The molecule has 132 valence electrons. The van der Waals surface area contributed by atoms with Crippen LogP contribution in [-0.4, -0.2) is 24.5 Å². The molecular weight excluding hydrogens is 339 g/mol. The molecule has 0 amide bonds. The molecule has 0 heterocycles. The fourth-order valence-corrected chi connectivity index (χ4v) is 5.26. The molecule has 0 aromatic heterocycles. The Kier molecular flexibility index (Phi) is 5.71. The molecule has 0 aliphatic carbocycles. The van der Waals surface area contributed by atoms with E-state index >= 15 is 0 Å². The van der Waals surface area contributed by atoms with Gasteiger partial charge in [0.2, 0.25) is 0 Å². The third-order valence-corrected chi connectivity index (χ3v) is 6.30. The van der Waals surface area contributed by atoms with Crippen molar-refractivity contribution in [3.05, 3.63) is 24.3 Å². The number of hydrogen-bond acceptors (Lipinski definition) is 5. The smallest absolute Gasteiger partial charge is 0.369 e. The molecule has 3 N–H and O–H groups in total.